The zero-order valence-corrected chi connectivity index (χ0v) is 16.1. The van der Waals surface area contributed by atoms with Crippen LogP contribution in [0.5, 0.6) is 0 Å². The summed E-state index contributed by atoms with van der Waals surface area (Å²) in [5.41, 5.74) is 7.20. The summed E-state index contributed by atoms with van der Waals surface area (Å²) in [6.45, 7) is 1.72. The molecular weight excluding hydrogens is 384 g/mol. The van der Waals surface area contributed by atoms with Crippen LogP contribution in [0.15, 0.2) is 58.3 Å². The number of anilines is 1. The van der Waals surface area contributed by atoms with E-state index in [1.165, 1.54) is 31.2 Å². The summed E-state index contributed by atoms with van der Waals surface area (Å²) in [5, 5.41) is 0. The highest BCUT2D eigenvalue weighted by Gasteiger charge is 2.18. The number of nitrogens with one attached hydrogen (secondary N) is 1. The van der Waals surface area contributed by atoms with E-state index >= 15 is 0 Å². The van der Waals surface area contributed by atoms with Crippen molar-refractivity contribution in [3.8, 4) is 0 Å². The van der Waals surface area contributed by atoms with E-state index in [0.29, 0.717) is 12.1 Å². The fourth-order valence-electron chi connectivity index (χ4n) is 2.10. The first-order chi connectivity index (χ1) is 11.2. The molecule has 2 aromatic rings. The van der Waals surface area contributed by atoms with Crippen molar-refractivity contribution in [3.05, 3.63) is 54.1 Å². The summed E-state index contributed by atoms with van der Waals surface area (Å²) in [7, 11) is -7.22. The summed E-state index contributed by atoms with van der Waals surface area (Å²) in [4.78, 5) is -0.0549. The fourth-order valence-corrected chi connectivity index (χ4v) is 4.18. The maximum atomic E-state index is 12.3. The lowest BCUT2D eigenvalue weighted by Crippen LogP contribution is -2.26. The summed E-state index contributed by atoms with van der Waals surface area (Å²) < 4.78 is 50.9. The second-order valence-electron chi connectivity index (χ2n) is 5.27. The largest absolute Gasteiger partial charge is 0.399 e. The Kier molecular flexibility index (Phi) is 7.43. The second-order valence-corrected chi connectivity index (χ2v) is 9.31. The van der Waals surface area contributed by atoms with Crippen LogP contribution in [0.3, 0.4) is 0 Å². The van der Waals surface area contributed by atoms with Gasteiger partial charge in [0.25, 0.3) is 0 Å². The van der Waals surface area contributed by atoms with E-state index in [1.54, 1.807) is 12.1 Å². The molecule has 0 saturated carbocycles. The van der Waals surface area contributed by atoms with Crippen LogP contribution in [0.2, 0.25) is 0 Å². The first kappa shape index (κ1) is 21.4. The molecule has 0 aromatic heterocycles. The SMILES string of the molecule is CCS(=O)(=O)c1cccc(S(=O)(=O)NCCc2ccc(N)cc2)c1.Cl. The molecule has 0 unspecified atom stereocenters. The Morgan fingerprint density at radius 2 is 1.56 bits per heavy atom. The summed E-state index contributed by atoms with van der Waals surface area (Å²) in [6, 6.07) is 12.6. The summed E-state index contributed by atoms with van der Waals surface area (Å²) in [6.07, 6.45) is 0.506. The fraction of sp³-hybridized carbons (Fsp3) is 0.250. The van der Waals surface area contributed by atoms with E-state index in [1.807, 2.05) is 12.1 Å². The van der Waals surface area contributed by atoms with E-state index in [4.69, 9.17) is 5.73 Å². The van der Waals surface area contributed by atoms with Crippen molar-refractivity contribution in [1.29, 1.82) is 0 Å². The van der Waals surface area contributed by atoms with Gasteiger partial charge in [0.05, 0.1) is 15.5 Å². The lowest BCUT2D eigenvalue weighted by atomic mass is 10.1. The first-order valence-electron chi connectivity index (χ1n) is 7.41. The van der Waals surface area contributed by atoms with E-state index < -0.39 is 19.9 Å². The van der Waals surface area contributed by atoms with Crippen LogP contribution in [0.25, 0.3) is 0 Å². The molecule has 25 heavy (non-hydrogen) atoms. The summed E-state index contributed by atoms with van der Waals surface area (Å²) in [5.74, 6) is -0.0823. The average molecular weight is 405 g/mol. The van der Waals surface area contributed by atoms with Crippen LogP contribution in [-0.4, -0.2) is 29.1 Å². The number of halogens is 1. The van der Waals surface area contributed by atoms with Crippen LogP contribution in [0.1, 0.15) is 12.5 Å². The molecule has 0 bridgehead atoms. The molecule has 0 atom stereocenters. The first-order valence-corrected chi connectivity index (χ1v) is 10.5. The molecule has 2 aromatic carbocycles. The summed E-state index contributed by atoms with van der Waals surface area (Å²) >= 11 is 0. The van der Waals surface area contributed by atoms with Crippen molar-refractivity contribution in [2.45, 2.75) is 23.1 Å². The lowest BCUT2D eigenvalue weighted by Gasteiger charge is -2.09. The standard InChI is InChI=1S/C16H20N2O4S2.ClH/c1-2-23(19,20)15-4-3-5-16(12-15)24(21,22)18-11-10-13-6-8-14(17)9-7-13;/h3-9,12,18H,2,10-11,17H2,1H3;1H. The molecule has 138 valence electrons. The quantitative estimate of drug-likeness (QED) is 0.686. The molecule has 0 amide bonds. The lowest BCUT2D eigenvalue weighted by molar-refractivity contribution is 0.581. The molecule has 0 aliphatic heterocycles. The zero-order valence-electron chi connectivity index (χ0n) is 13.7. The number of sulfonamides is 1. The Morgan fingerprint density at radius 1 is 0.960 bits per heavy atom. The van der Waals surface area contributed by atoms with Crippen LogP contribution in [0.4, 0.5) is 5.69 Å². The van der Waals surface area contributed by atoms with Crippen molar-refractivity contribution in [1.82, 2.24) is 4.72 Å². The number of sulfone groups is 1. The minimum atomic E-state index is -3.77. The number of nitrogen functional groups attached to an aromatic ring is 1. The van der Waals surface area contributed by atoms with Gasteiger partial charge in [0.2, 0.25) is 10.0 Å². The van der Waals surface area contributed by atoms with Crippen molar-refractivity contribution in [2.75, 3.05) is 18.0 Å². The zero-order chi connectivity index (χ0) is 17.8. The normalized spacial score (nSPS) is 11.7. The highest BCUT2D eigenvalue weighted by atomic mass is 35.5. The highest BCUT2D eigenvalue weighted by Crippen LogP contribution is 2.17. The molecule has 0 radical (unpaired) electrons. The maximum absolute atomic E-state index is 12.3. The molecule has 6 nitrogen and oxygen atoms in total. The van der Waals surface area contributed by atoms with Crippen molar-refractivity contribution in [3.63, 3.8) is 0 Å². The molecule has 0 fully saturated rings. The predicted molar refractivity (Wildman–Crippen MR) is 101 cm³/mol. The van der Waals surface area contributed by atoms with Gasteiger partial charge in [-0.2, -0.15) is 0 Å². The van der Waals surface area contributed by atoms with Crippen molar-refractivity contribution >= 4 is 38.0 Å². The van der Waals surface area contributed by atoms with Crippen molar-refractivity contribution < 1.29 is 16.8 Å². The molecule has 0 spiro atoms. The molecule has 0 aliphatic rings. The molecule has 9 heteroatoms. The topological polar surface area (TPSA) is 106 Å². The Bertz CT molecular complexity index is 911. The third-order valence-corrected chi connectivity index (χ3v) is 6.73. The molecule has 0 saturated heterocycles. The minimum Gasteiger partial charge on any atom is -0.399 e. The average Bonchev–Trinajstić information content (AvgIpc) is 2.57. The van der Waals surface area contributed by atoms with Gasteiger partial charge in [-0.25, -0.2) is 21.6 Å². The molecule has 2 rings (SSSR count). The number of rotatable bonds is 7. The molecule has 3 N–H and O–H groups in total. The number of nitrogens with two attached hydrogens (primary N) is 1. The van der Waals surface area contributed by atoms with Gasteiger partial charge in [-0.1, -0.05) is 25.1 Å². The van der Waals surface area contributed by atoms with Gasteiger partial charge in [-0.3, -0.25) is 0 Å². The van der Waals surface area contributed by atoms with Gasteiger partial charge in [-0.15, -0.1) is 12.4 Å². The van der Waals surface area contributed by atoms with Crippen LogP contribution in [-0.2, 0) is 26.3 Å². The van der Waals surface area contributed by atoms with E-state index in [2.05, 4.69) is 4.72 Å². The van der Waals surface area contributed by atoms with Crippen LogP contribution >= 0.6 is 12.4 Å². The van der Waals surface area contributed by atoms with Gasteiger partial charge in [-0.05, 0) is 42.3 Å². The molecule has 0 heterocycles. The van der Waals surface area contributed by atoms with E-state index in [-0.39, 0.29) is 34.5 Å². The third-order valence-electron chi connectivity index (χ3n) is 3.54. The number of benzene rings is 2. The van der Waals surface area contributed by atoms with E-state index in [9.17, 15) is 16.8 Å². The van der Waals surface area contributed by atoms with Crippen LogP contribution in [0, 0.1) is 0 Å². The van der Waals surface area contributed by atoms with Gasteiger partial charge >= 0.3 is 0 Å². The molecular formula is C16H21ClN2O4S2. The monoisotopic (exact) mass is 404 g/mol. The van der Waals surface area contributed by atoms with Gasteiger partial charge in [0.15, 0.2) is 9.84 Å². The Labute approximate surface area is 154 Å². The van der Waals surface area contributed by atoms with Crippen LogP contribution < -0.4 is 10.5 Å². The number of hydrogen-bond acceptors (Lipinski definition) is 5. The Morgan fingerprint density at radius 3 is 2.16 bits per heavy atom. The number of hydrogen-bond donors (Lipinski definition) is 2. The van der Waals surface area contributed by atoms with E-state index in [0.717, 1.165) is 5.56 Å². The maximum Gasteiger partial charge on any atom is 0.240 e. The smallest absolute Gasteiger partial charge is 0.240 e. The highest BCUT2D eigenvalue weighted by molar-refractivity contribution is 7.91. The second kappa shape index (κ2) is 8.66. The van der Waals surface area contributed by atoms with Gasteiger partial charge in [0.1, 0.15) is 0 Å². The minimum absolute atomic E-state index is 0. The Balaban J connectivity index is 0.00000312. The third kappa shape index (κ3) is 5.71. The van der Waals surface area contributed by atoms with Gasteiger partial charge < -0.3 is 5.73 Å². The Hall–Kier alpha value is -1.61. The van der Waals surface area contributed by atoms with Crippen molar-refractivity contribution in [2.24, 2.45) is 0 Å². The molecule has 0 aliphatic carbocycles. The predicted octanol–water partition coefficient (Wildman–Crippen LogP) is 2.01. The van der Waals surface area contributed by atoms with Gasteiger partial charge in [0, 0.05) is 12.2 Å².